The fraction of sp³-hybridized carbons (Fsp3) is 0.312. The zero-order valence-corrected chi connectivity index (χ0v) is 12.2. The van der Waals surface area contributed by atoms with Crippen LogP contribution >= 0.6 is 11.3 Å². The predicted octanol–water partition coefficient (Wildman–Crippen LogP) is 2.92. The number of aryl methyl sites for hydroxylation is 1. The normalized spacial score (nSPS) is 17.1. The SMILES string of the molecule is Cc1ccsc1CNC(=O)[C@H]1COc2ccccc2C1. The first-order valence-corrected chi connectivity index (χ1v) is 7.63. The van der Waals surface area contributed by atoms with Gasteiger partial charge in [0, 0.05) is 4.88 Å². The topological polar surface area (TPSA) is 38.3 Å². The van der Waals surface area contributed by atoms with E-state index in [1.807, 2.05) is 24.3 Å². The summed E-state index contributed by atoms with van der Waals surface area (Å²) in [6.45, 7) is 3.14. The molecule has 4 heteroatoms. The van der Waals surface area contributed by atoms with Crippen LogP contribution in [0.25, 0.3) is 0 Å². The summed E-state index contributed by atoms with van der Waals surface area (Å²) in [7, 11) is 0. The third-order valence-corrected chi connectivity index (χ3v) is 4.66. The van der Waals surface area contributed by atoms with Crippen molar-refractivity contribution in [1.29, 1.82) is 0 Å². The lowest BCUT2D eigenvalue weighted by Crippen LogP contribution is -2.36. The van der Waals surface area contributed by atoms with Crippen molar-refractivity contribution >= 4 is 17.2 Å². The van der Waals surface area contributed by atoms with Crippen LogP contribution in [0.15, 0.2) is 35.7 Å². The molecule has 3 rings (SSSR count). The number of benzene rings is 1. The number of amides is 1. The summed E-state index contributed by atoms with van der Waals surface area (Å²) >= 11 is 1.68. The van der Waals surface area contributed by atoms with E-state index in [0.29, 0.717) is 13.2 Å². The van der Waals surface area contributed by atoms with Crippen molar-refractivity contribution in [2.75, 3.05) is 6.61 Å². The highest BCUT2D eigenvalue weighted by Crippen LogP contribution is 2.27. The molecule has 0 aliphatic carbocycles. The number of ether oxygens (including phenoxy) is 1. The van der Waals surface area contributed by atoms with Crippen LogP contribution in [0.1, 0.15) is 16.0 Å². The smallest absolute Gasteiger partial charge is 0.227 e. The summed E-state index contributed by atoms with van der Waals surface area (Å²) < 4.78 is 5.66. The second kappa shape index (κ2) is 5.67. The number of thiophene rings is 1. The Balaban J connectivity index is 1.60. The van der Waals surface area contributed by atoms with E-state index in [4.69, 9.17) is 4.74 Å². The Kier molecular flexibility index (Phi) is 3.74. The number of carbonyl (C=O) groups excluding carboxylic acids is 1. The van der Waals surface area contributed by atoms with E-state index in [2.05, 4.69) is 23.7 Å². The maximum atomic E-state index is 12.2. The quantitative estimate of drug-likeness (QED) is 0.942. The van der Waals surface area contributed by atoms with Crippen LogP contribution in [0.4, 0.5) is 0 Å². The molecule has 1 atom stereocenters. The molecule has 3 nitrogen and oxygen atoms in total. The number of carbonyl (C=O) groups is 1. The van der Waals surface area contributed by atoms with E-state index in [1.165, 1.54) is 10.4 Å². The molecule has 0 spiro atoms. The van der Waals surface area contributed by atoms with Crippen LogP contribution in [-0.2, 0) is 17.8 Å². The molecule has 2 aromatic rings. The average Bonchev–Trinajstić information content (AvgIpc) is 2.89. The van der Waals surface area contributed by atoms with E-state index >= 15 is 0 Å². The van der Waals surface area contributed by atoms with Gasteiger partial charge in [-0.3, -0.25) is 4.79 Å². The molecule has 0 unspecified atom stereocenters. The van der Waals surface area contributed by atoms with Gasteiger partial charge in [0.05, 0.1) is 12.5 Å². The van der Waals surface area contributed by atoms with Gasteiger partial charge in [0.1, 0.15) is 12.4 Å². The zero-order chi connectivity index (χ0) is 13.9. The highest BCUT2D eigenvalue weighted by Gasteiger charge is 2.25. The number of para-hydroxylation sites is 1. The van der Waals surface area contributed by atoms with Crippen LogP contribution in [-0.4, -0.2) is 12.5 Å². The molecule has 20 heavy (non-hydrogen) atoms. The monoisotopic (exact) mass is 287 g/mol. The summed E-state index contributed by atoms with van der Waals surface area (Å²) in [5, 5.41) is 5.07. The molecule has 1 N–H and O–H groups in total. The Morgan fingerprint density at radius 2 is 2.25 bits per heavy atom. The maximum absolute atomic E-state index is 12.2. The highest BCUT2D eigenvalue weighted by molar-refractivity contribution is 7.10. The molecular formula is C16H17NO2S. The van der Waals surface area contributed by atoms with E-state index in [-0.39, 0.29) is 11.8 Å². The van der Waals surface area contributed by atoms with E-state index in [1.54, 1.807) is 11.3 Å². The molecule has 1 aromatic carbocycles. The fourth-order valence-electron chi connectivity index (χ4n) is 2.39. The third kappa shape index (κ3) is 2.70. The Morgan fingerprint density at radius 3 is 3.05 bits per heavy atom. The average molecular weight is 287 g/mol. The Hall–Kier alpha value is -1.81. The van der Waals surface area contributed by atoms with Crippen molar-refractivity contribution in [3.63, 3.8) is 0 Å². The lowest BCUT2D eigenvalue weighted by atomic mass is 9.96. The standard InChI is InChI=1S/C16H17NO2S/c1-11-6-7-20-15(11)9-17-16(18)13-8-12-4-2-3-5-14(12)19-10-13/h2-7,13H,8-10H2,1H3,(H,17,18)/t13-/m1/s1. The number of rotatable bonds is 3. The van der Waals surface area contributed by atoms with Crippen molar-refractivity contribution in [2.45, 2.75) is 19.9 Å². The first-order chi connectivity index (χ1) is 9.74. The molecule has 2 heterocycles. The van der Waals surface area contributed by atoms with Gasteiger partial charge in [-0.2, -0.15) is 0 Å². The minimum Gasteiger partial charge on any atom is -0.492 e. The number of hydrogen-bond donors (Lipinski definition) is 1. The van der Waals surface area contributed by atoms with Gasteiger partial charge in [0.25, 0.3) is 0 Å². The molecule has 0 fully saturated rings. The first-order valence-electron chi connectivity index (χ1n) is 6.75. The number of hydrogen-bond acceptors (Lipinski definition) is 3. The summed E-state index contributed by atoms with van der Waals surface area (Å²) in [5.41, 5.74) is 2.35. The predicted molar refractivity (Wildman–Crippen MR) is 80.0 cm³/mol. The van der Waals surface area contributed by atoms with E-state index in [9.17, 15) is 4.79 Å². The molecule has 0 saturated carbocycles. The molecule has 1 aliphatic heterocycles. The fourth-order valence-corrected chi connectivity index (χ4v) is 3.24. The number of fused-ring (bicyclic) bond motifs is 1. The van der Waals surface area contributed by atoms with Gasteiger partial charge < -0.3 is 10.1 Å². The first kappa shape index (κ1) is 13.2. The summed E-state index contributed by atoms with van der Waals surface area (Å²) in [6, 6.07) is 10.00. The molecule has 1 amide bonds. The lowest BCUT2D eigenvalue weighted by molar-refractivity contribution is -0.126. The summed E-state index contributed by atoms with van der Waals surface area (Å²) in [5.74, 6) is 0.892. The van der Waals surface area contributed by atoms with Gasteiger partial charge in [-0.25, -0.2) is 0 Å². The molecule has 0 radical (unpaired) electrons. The molecule has 0 saturated heterocycles. The third-order valence-electron chi connectivity index (χ3n) is 3.64. The number of nitrogens with one attached hydrogen (secondary N) is 1. The van der Waals surface area contributed by atoms with Crippen LogP contribution in [0, 0.1) is 12.8 Å². The van der Waals surface area contributed by atoms with Gasteiger partial charge in [-0.05, 0) is 42.0 Å². The lowest BCUT2D eigenvalue weighted by Gasteiger charge is -2.24. The van der Waals surface area contributed by atoms with Gasteiger partial charge in [0.2, 0.25) is 5.91 Å². The molecule has 1 aromatic heterocycles. The van der Waals surface area contributed by atoms with E-state index < -0.39 is 0 Å². The van der Waals surface area contributed by atoms with Crippen molar-refractivity contribution in [2.24, 2.45) is 5.92 Å². The maximum Gasteiger partial charge on any atom is 0.227 e. The minimum atomic E-state index is -0.0924. The van der Waals surface area contributed by atoms with Gasteiger partial charge in [-0.1, -0.05) is 18.2 Å². The van der Waals surface area contributed by atoms with Crippen LogP contribution in [0.3, 0.4) is 0 Å². The van der Waals surface area contributed by atoms with Crippen LogP contribution in [0.2, 0.25) is 0 Å². The van der Waals surface area contributed by atoms with Crippen molar-refractivity contribution in [3.05, 3.63) is 51.7 Å². The van der Waals surface area contributed by atoms with Crippen molar-refractivity contribution < 1.29 is 9.53 Å². The Labute approximate surface area is 122 Å². The molecular weight excluding hydrogens is 270 g/mol. The van der Waals surface area contributed by atoms with Crippen LogP contribution in [0.5, 0.6) is 5.75 Å². The Bertz CT molecular complexity index is 620. The molecule has 0 bridgehead atoms. The molecule has 1 aliphatic rings. The van der Waals surface area contributed by atoms with Gasteiger partial charge in [0.15, 0.2) is 0 Å². The van der Waals surface area contributed by atoms with Gasteiger partial charge in [-0.15, -0.1) is 11.3 Å². The minimum absolute atomic E-state index is 0.0762. The van der Waals surface area contributed by atoms with Crippen molar-refractivity contribution in [3.8, 4) is 5.75 Å². The van der Waals surface area contributed by atoms with Crippen LogP contribution < -0.4 is 10.1 Å². The van der Waals surface area contributed by atoms with E-state index in [0.717, 1.165) is 17.7 Å². The Morgan fingerprint density at radius 1 is 1.40 bits per heavy atom. The second-order valence-corrected chi connectivity index (χ2v) is 6.07. The highest BCUT2D eigenvalue weighted by atomic mass is 32.1. The molecule has 104 valence electrons. The zero-order valence-electron chi connectivity index (χ0n) is 11.4. The second-order valence-electron chi connectivity index (χ2n) is 5.06. The summed E-state index contributed by atoms with van der Waals surface area (Å²) in [4.78, 5) is 13.4. The van der Waals surface area contributed by atoms with Gasteiger partial charge >= 0.3 is 0 Å². The van der Waals surface area contributed by atoms with Crippen molar-refractivity contribution in [1.82, 2.24) is 5.32 Å². The largest absolute Gasteiger partial charge is 0.492 e. The summed E-state index contributed by atoms with van der Waals surface area (Å²) in [6.07, 6.45) is 0.755.